The van der Waals surface area contributed by atoms with Crippen LogP contribution >= 0.6 is 0 Å². The van der Waals surface area contributed by atoms with Crippen LogP contribution in [0.25, 0.3) is 0 Å². The molecule has 28 rings (SSSR count). The van der Waals surface area contributed by atoms with E-state index >= 15 is 0 Å². The molecule has 0 amide bonds. The number of hydrogen-bond acceptors (Lipinski definition) is 30. The van der Waals surface area contributed by atoms with E-state index in [9.17, 15) is 81.7 Å². The van der Waals surface area contributed by atoms with E-state index in [-0.39, 0.29) is 32.5 Å². The van der Waals surface area contributed by atoms with Crippen LogP contribution in [0.2, 0.25) is 0 Å². The molecule has 0 aliphatic carbocycles. The van der Waals surface area contributed by atoms with Crippen LogP contribution in [0.1, 0.15) is 191 Å². The highest BCUT2D eigenvalue weighted by atomic mass is 16.8. The Morgan fingerprint density at radius 2 is 0.312 bits per heavy atom. The van der Waals surface area contributed by atoms with Crippen molar-refractivity contribution in [3.8, 4) is 0 Å². The van der Waals surface area contributed by atoms with Crippen LogP contribution in [0, 0.1) is 0 Å². The topological polar surface area (TPSA) is 453 Å². The number of benzene rings is 6. The second kappa shape index (κ2) is 38.8. The van der Waals surface area contributed by atoms with Gasteiger partial charge < -0.3 is 148 Å². The van der Waals surface area contributed by atoms with Crippen molar-refractivity contribution in [2.75, 3.05) is 39.6 Å². The van der Waals surface area contributed by atoms with Gasteiger partial charge in [-0.15, -0.1) is 0 Å². The van der Waals surface area contributed by atoms with Gasteiger partial charge >= 0.3 is 0 Å². The zero-order valence-corrected chi connectivity index (χ0v) is 76.3. The molecule has 22 fully saturated rings. The first-order valence-corrected chi connectivity index (χ1v) is 44.4. The van der Waals surface area contributed by atoms with Gasteiger partial charge in [-0.2, -0.15) is 0 Å². The van der Waals surface area contributed by atoms with E-state index in [2.05, 4.69) is 125 Å². The molecular formula is C98H136O30. The van der Waals surface area contributed by atoms with E-state index in [0.29, 0.717) is 33.4 Å². The van der Waals surface area contributed by atoms with Gasteiger partial charge in [-0.05, 0) is 99.3 Å². The summed E-state index contributed by atoms with van der Waals surface area (Å²) in [7, 11) is 0. The van der Waals surface area contributed by atoms with Crippen LogP contribution in [0.15, 0.2) is 146 Å². The molecule has 22 aliphatic rings. The van der Waals surface area contributed by atoms with Crippen molar-refractivity contribution in [1.29, 1.82) is 0 Å². The first-order chi connectivity index (χ1) is 60.0. The Hall–Kier alpha value is -5.88. The van der Waals surface area contributed by atoms with Crippen molar-refractivity contribution in [2.24, 2.45) is 0 Å². The normalized spacial score (nSPS) is 35.3. The maximum absolute atomic E-state index is 12.8. The standard InChI is InChI=1S/C98H136O30/c1-91(2,3)49-19-31-55(32-20-49)97(56-33-21-50(22-34-56)92(4,5)6,57-35-23-51(24-36-57)93(7,8)9)115-47-65-83-71(107)77(113)89(121-65)125-81-63(45-101)117-85(73(109)67(81)103)124-80-62(44-100)120-88(76(112)70(80)106)128-84-66(122-90(78(114)72(84)108)126-82-64(46-102)118-86(74(110)68(82)104)123-79-61(43-99)119-87(127-83)75(111)69(79)105)48-116-98(58-37-25-52(26-38-58)94(10,11)12,59-39-27-53(28-40-59)95(13,14)15)60-41-29-54(30-42-60)96(16,17)18/h19-42,61-90,99-114H,43-48H2,1-18H3/t61-,62-,63-,64-,65-,66-,67-,68-,69-,70-,71-,72-,73-,74-,75-,76-,77-,78-,79-,80-,81-,82-,83-,84-,85-,86-,87-,88-,89-,90-/m1/s1. The molecule has 0 aromatic heterocycles. The maximum atomic E-state index is 12.8. The number of aliphatic hydroxyl groups is 16. The summed E-state index contributed by atoms with van der Waals surface area (Å²) >= 11 is 0. The molecule has 708 valence electrons. The summed E-state index contributed by atoms with van der Waals surface area (Å²) in [6.45, 7) is 31.9. The van der Waals surface area contributed by atoms with E-state index in [1.807, 2.05) is 146 Å². The molecule has 6 aromatic rings. The third-order valence-electron chi connectivity index (χ3n) is 26.2. The van der Waals surface area contributed by atoms with E-state index < -0.39 is 235 Å². The molecule has 22 aliphatic heterocycles. The summed E-state index contributed by atoms with van der Waals surface area (Å²) < 4.78 is 91.6. The van der Waals surface area contributed by atoms with E-state index in [1.54, 1.807) is 0 Å². The first kappa shape index (κ1) is 99.6. The predicted molar refractivity (Wildman–Crippen MR) is 464 cm³/mol. The second-order valence-electron chi connectivity index (χ2n) is 41.4. The lowest BCUT2D eigenvalue weighted by molar-refractivity contribution is -0.405. The predicted octanol–water partition coefficient (Wildman–Crippen LogP) is 4.76. The second-order valence-corrected chi connectivity index (χ2v) is 41.4. The third-order valence-corrected chi connectivity index (χ3v) is 26.2. The Morgan fingerprint density at radius 1 is 0.188 bits per heavy atom. The number of hydrogen-bond donors (Lipinski definition) is 16. The Balaban J connectivity index is 0.884. The van der Waals surface area contributed by atoms with Crippen molar-refractivity contribution in [1.82, 2.24) is 0 Å². The van der Waals surface area contributed by atoms with Gasteiger partial charge in [0.15, 0.2) is 37.7 Å². The minimum atomic E-state index is -2.25. The van der Waals surface area contributed by atoms with Crippen molar-refractivity contribution in [3.63, 3.8) is 0 Å². The summed E-state index contributed by atoms with van der Waals surface area (Å²) in [5.41, 5.74) is 4.41. The molecule has 6 aromatic carbocycles. The van der Waals surface area contributed by atoms with Crippen LogP contribution in [-0.2, 0) is 110 Å². The third kappa shape index (κ3) is 20.3. The average molecular weight is 1790 g/mol. The van der Waals surface area contributed by atoms with E-state index in [4.69, 9.17) is 66.3 Å². The Morgan fingerprint density at radius 3 is 0.445 bits per heavy atom. The molecule has 12 bridgehead atoms. The van der Waals surface area contributed by atoms with Crippen molar-refractivity contribution >= 4 is 0 Å². The van der Waals surface area contributed by atoms with Crippen LogP contribution in [-0.4, -0.2) is 306 Å². The quantitative estimate of drug-likeness (QED) is 0.0581. The Kier molecular flexibility index (Phi) is 30.2. The highest BCUT2D eigenvalue weighted by molar-refractivity contribution is 5.53. The molecule has 30 nitrogen and oxygen atoms in total. The summed E-state index contributed by atoms with van der Waals surface area (Å²) in [4.78, 5) is 0. The number of ether oxygens (including phenoxy) is 14. The van der Waals surface area contributed by atoms with Gasteiger partial charge in [0, 0.05) is 0 Å². The fourth-order valence-corrected chi connectivity index (χ4v) is 18.0. The van der Waals surface area contributed by atoms with Gasteiger partial charge in [0.2, 0.25) is 0 Å². The molecule has 0 spiro atoms. The highest BCUT2D eigenvalue weighted by Gasteiger charge is 2.60. The molecule has 16 N–H and O–H groups in total. The molecular weight excluding hydrogens is 1660 g/mol. The molecule has 30 heteroatoms. The summed E-state index contributed by atoms with van der Waals surface area (Å²) in [5, 5.41) is 194. The van der Waals surface area contributed by atoms with Gasteiger partial charge in [0.25, 0.3) is 0 Å². The van der Waals surface area contributed by atoms with Crippen LogP contribution in [0.5, 0.6) is 0 Å². The number of aliphatic hydroxyl groups excluding tert-OH is 16. The summed E-state index contributed by atoms with van der Waals surface area (Å²) in [5.74, 6) is 0. The average Bonchev–Trinajstić information content (AvgIpc) is 0.739. The van der Waals surface area contributed by atoms with Crippen molar-refractivity contribution in [2.45, 2.75) is 353 Å². The Labute approximate surface area is 749 Å². The van der Waals surface area contributed by atoms with E-state index in [0.717, 1.165) is 33.4 Å². The molecule has 0 radical (unpaired) electrons. The molecule has 0 saturated carbocycles. The van der Waals surface area contributed by atoms with Gasteiger partial charge in [-0.1, -0.05) is 270 Å². The zero-order chi connectivity index (χ0) is 93.4. The van der Waals surface area contributed by atoms with Crippen molar-refractivity contribution < 1.29 is 148 Å². The van der Waals surface area contributed by atoms with Crippen LogP contribution in [0.4, 0.5) is 0 Å². The molecule has 22 saturated heterocycles. The van der Waals surface area contributed by atoms with Gasteiger partial charge in [0.05, 0.1) is 39.6 Å². The summed E-state index contributed by atoms with van der Waals surface area (Å²) in [6.07, 6.45) is -61.4. The minimum Gasteiger partial charge on any atom is -0.394 e. The SMILES string of the molecule is CC(C)(C)c1ccc(C(OC[C@H]2O[C@@H]3O[C@H]4[C@H](O)[C@@H](O)[C@@H](O[C@H]5[C@H](O)[C@@H](O)[C@@H](O[C@H]6[C@H](O)[C@@H](O)[C@@H](O[C@H]7[C@H](O)[C@@H](O)[C@@H](O[C@H]8[C@H](O)[C@@H](O)[C@@H](O[C@H]2[C@H](O)[C@H]3O)O[C@@H]8CO)O[C@@H]7CO)O[C@@H]6COC(c2ccc(C(C)(C)C)cc2)(c2ccc(C(C)(C)C)cc2)c2ccc(C(C)(C)C)cc2)O[C@@H]5CO)O[C@@H]4CO)(c2ccc(C(C)(C)C)cc2)c2ccc(C(C)(C)C)cc2)cc1. The minimum absolute atomic E-state index is 0.313. The van der Waals surface area contributed by atoms with Gasteiger partial charge in [-0.3, -0.25) is 0 Å². The van der Waals surface area contributed by atoms with Gasteiger partial charge in [-0.25, -0.2) is 0 Å². The van der Waals surface area contributed by atoms with Crippen LogP contribution < -0.4 is 0 Å². The highest BCUT2D eigenvalue weighted by Crippen LogP contribution is 2.49. The lowest BCUT2D eigenvalue weighted by Crippen LogP contribution is -2.69. The molecule has 0 unspecified atom stereocenters. The number of rotatable bonds is 16. The fraction of sp³-hybridized carbons (Fsp3) is 0.633. The monoisotopic (exact) mass is 1790 g/mol. The zero-order valence-electron chi connectivity index (χ0n) is 76.3. The molecule has 22 heterocycles. The maximum Gasteiger partial charge on any atom is 0.187 e. The lowest BCUT2D eigenvalue weighted by Gasteiger charge is -2.51. The molecule has 128 heavy (non-hydrogen) atoms. The fourth-order valence-electron chi connectivity index (χ4n) is 18.0. The van der Waals surface area contributed by atoms with E-state index in [1.165, 1.54) is 0 Å². The first-order valence-electron chi connectivity index (χ1n) is 44.4. The Bertz CT molecular complexity index is 3980. The van der Waals surface area contributed by atoms with Crippen molar-refractivity contribution in [3.05, 3.63) is 212 Å². The lowest BCUT2D eigenvalue weighted by atomic mass is 9.76. The largest absolute Gasteiger partial charge is 0.394 e. The summed E-state index contributed by atoms with van der Waals surface area (Å²) in [6, 6.07) is 47.1. The van der Waals surface area contributed by atoms with Gasteiger partial charge in [0.1, 0.15) is 158 Å². The van der Waals surface area contributed by atoms with Crippen LogP contribution in [0.3, 0.4) is 0 Å². The smallest absolute Gasteiger partial charge is 0.187 e. The molecule has 30 atom stereocenters.